The zero-order chi connectivity index (χ0) is 11.3. The first-order valence-corrected chi connectivity index (χ1v) is 5.21. The SMILES string of the molecule is COc1cc(C=CCO)c(OC)cc1Br. The van der Waals surface area contributed by atoms with Crippen molar-refractivity contribution in [3.05, 3.63) is 28.2 Å². The summed E-state index contributed by atoms with van der Waals surface area (Å²) in [6.45, 7) is 0.00152. The third-order valence-corrected chi connectivity index (χ3v) is 2.53. The first-order valence-electron chi connectivity index (χ1n) is 4.41. The lowest BCUT2D eigenvalue weighted by Crippen LogP contribution is -1.91. The smallest absolute Gasteiger partial charge is 0.133 e. The molecule has 0 amide bonds. The van der Waals surface area contributed by atoms with Gasteiger partial charge in [-0.2, -0.15) is 0 Å². The van der Waals surface area contributed by atoms with Crippen molar-refractivity contribution in [2.24, 2.45) is 0 Å². The van der Waals surface area contributed by atoms with Crippen LogP contribution in [0.5, 0.6) is 11.5 Å². The summed E-state index contributed by atoms with van der Waals surface area (Å²) in [7, 11) is 3.21. The molecule has 0 bridgehead atoms. The van der Waals surface area contributed by atoms with Gasteiger partial charge in [0, 0.05) is 5.56 Å². The van der Waals surface area contributed by atoms with Gasteiger partial charge in [-0.05, 0) is 28.1 Å². The van der Waals surface area contributed by atoms with E-state index in [2.05, 4.69) is 15.9 Å². The van der Waals surface area contributed by atoms with E-state index in [4.69, 9.17) is 14.6 Å². The van der Waals surface area contributed by atoms with E-state index in [1.165, 1.54) is 0 Å². The zero-order valence-electron chi connectivity index (χ0n) is 8.66. The van der Waals surface area contributed by atoms with Gasteiger partial charge in [0.05, 0.1) is 25.3 Å². The Labute approximate surface area is 97.5 Å². The summed E-state index contributed by atoms with van der Waals surface area (Å²) < 4.78 is 11.2. The van der Waals surface area contributed by atoms with Crippen molar-refractivity contribution in [3.63, 3.8) is 0 Å². The predicted molar refractivity (Wildman–Crippen MR) is 63.4 cm³/mol. The van der Waals surface area contributed by atoms with Crippen LogP contribution in [0, 0.1) is 0 Å². The third-order valence-electron chi connectivity index (χ3n) is 1.91. The molecule has 4 heteroatoms. The monoisotopic (exact) mass is 272 g/mol. The lowest BCUT2D eigenvalue weighted by Gasteiger charge is -2.09. The van der Waals surface area contributed by atoms with E-state index in [1.807, 2.05) is 12.1 Å². The van der Waals surface area contributed by atoms with Crippen molar-refractivity contribution in [3.8, 4) is 11.5 Å². The molecule has 15 heavy (non-hydrogen) atoms. The summed E-state index contributed by atoms with van der Waals surface area (Å²) in [6, 6.07) is 3.67. The van der Waals surface area contributed by atoms with Crippen molar-refractivity contribution in [2.45, 2.75) is 0 Å². The number of rotatable bonds is 4. The van der Waals surface area contributed by atoms with Gasteiger partial charge in [0.25, 0.3) is 0 Å². The predicted octanol–water partition coefficient (Wildman–Crippen LogP) is 2.47. The number of aliphatic hydroxyl groups is 1. The van der Waals surface area contributed by atoms with Gasteiger partial charge >= 0.3 is 0 Å². The summed E-state index contributed by atoms with van der Waals surface area (Å²) in [5.74, 6) is 1.46. The molecule has 82 valence electrons. The van der Waals surface area contributed by atoms with Crippen molar-refractivity contribution < 1.29 is 14.6 Å². The molecule has 0 radical (unpaired) electrons. The van der Waals surface area contributed by atoms with E-state index in [1.54, 1.807) is 26.4 Å². The quantitative estimate of drug-likeness (QED) is 0.915. The summed E-state index contributed by atoms with van der Waals surface area (Å²) in [5, 5.41) is 8.70. The van der Waals surface area contributed by atoms with Crippen molar-refractivity contribution in [1.29, 1.82) is 0 Å². The van der Waals surface area contributed by atoms with E-state index < -0.39 is 0 Å². The highest BCUT2D eigenvalue weighted by molar-refractivity contribution is 9.10. The Morgan fingerprint density at radius 3 is 2.47 bits per heavy atom. The maximum atomic E-state index is 8.70. The maximum absolute atomic E-state index is 8.70. The van der Waals surface area contributed by atoms with Gasteiger partial charge in [0.15, 0.2) is 0 Å². The van der Waals surface area contributed by atoms with Gasteiger partial charge < -0.3 is 14.6 Å². The van der Waals surface area contributed by atoms with Crippen LogP contribution in [0.15, 0.2) is 22.7 Å². The first-order chi connectivity index (χ1) is 7.22. The Bertz CT molecular complexity index is 361. The molecule has 1 rings (SSSR count). The molecule has 0 aliphatic rings. The van der Waals surface area contributed by atoms with E-state index in [9.17, 15) is 0 Å². The van der Waals surface area contributed by atoms with E-state index in [0.717, 1.165) is 21.5 Å². The van der Waals surface area contributed by atoms with Crippen LogP contribution in [-0.4, -0.2) is 25.9 Å². The number of ether oxygens (including phenoxy) is 2. The minimum absolute atomic E-state index is 0.00152. The zero-order valence-corrected chi connectivity index (χ0v) is 10.2. The van der Waals surface area contributed by atoms with E-state index in [0.29, 0.717) is 0 Å². The number of halogens is 1. The minimum Gasteiger partial charge on any atom is -0.496 e. The van der Waals surface area contributed by atoms with Gasteiger partial charge in [-0.3, -0.25) is 0 Å². The maximum Gasteiger partial charge on any atom is 0.133 e. The molecule has 1 N–H and O–H groups in total. The van der Waals surface area contributed by atoms with Crippen LogP contribution in [0.3, 0.4) is 0 Å². The second-order valence-electron chi connectivity index (χ2n) is 2.81. The fourth-order valence-corrected chi connectivity index (χ4v) is 1.68. The lowest BCUT2D eigenvalue weighted by atomic mass is 10.1. The molecule has 0 spiro atoms. The molecule has 0 saturated heterocycles. The van der Waals surface area contributed by atoms with Crippen molar-refractivity contribution in [1.82, 2.24) is 0 Å². The molecule has 0 heterocycles. The van der Waals surface area contributed by atoms with Gasteiger partial charge in [0.1, 0.15) is 11.5 Å². The molecule has 0 aliphatic heterocycles. The number of hydrogen-bond acceptors (Lipinski definition) is 3. The average Bonchev–Trinajstić information content (AvgIpc) is 2.26. The molecule has 0 atom stereocenters. The molecule has 3 nitrogen and oxygen atoms in total. The van der Waals surface area contributed by atoms with Crippen LogP contribution in [0.1, 0.15) is 5.56 Å². The van der Waals surface area contributed by atoms with E-state index in [-0.39, 0.29) is 6.61 Å². The number of aliphatic hydroxyl groups excluding tert-OH is 1. The van der Waals surface area contributed by atoms with Crippen LogP contribution >= 0.6 is 15.9 Å². The molecule has 0 saturated carbocycles. The number of methoxy groups -OCH3 is 2. The first kappa shape index (κ1) is 12.1. The van der Waals surface area contributed by atoms with Gasteiger partial charge in [-0.25, -0.2) is 0 Å². The average molecular weight is 273 g/mol. The standard InChI is InChI=1S/C11H13BrO3/c1-14-10-7-9(12)11(15-2)6-8(10)4-3-5-13/h3-4,6-7,13H,5H2,1-2H3. The normalized spacial score (nSPS) is 10.7. The Morgan fingerprint density at radius 2 is 1.93 bits per heavy atom. The molecular weight excluding hydrogens is 260 g/mol. The van der Waals surface area contributed by atoms with Gasteiger partial charge in [-0.1, -0.05) is 12.2 Å². The molecule has 0 unspecified atom stereocenters. The molecular formula is C11H13BrO3. The van der Waals surface area contributed by atoms with Crippen LogP contribution < -0.4 is 9.47 Å². The fourth-order valence-electron chi connectivity index (χ4n) is 1.19. The Kier molecular flexibility index (Phi) is 4.65. The van der Waals surface area contributed by atoms with E-state index >= 15 is 0 Å². The Morgan fingerprint density at radius 1 is 1.27 bits per heavy atom. The van der Waals surface area contributed by atoms with Crippen LogP contribution in [-0.2, 0) is 0 Å². The van der Waals surface area contributed by atoms with Crippen LogP contribution in [0.4, 0.5) is 0 Å². The van der Waals surface area contributed by atoms with Crippen LogP contribution in [0.25, 0.3) is 6.08 Å². The highest BCUT2D eigenvalue weighted by Crippen LogP contribution is 2.33. The molecule has 1 aromatic rings. The molecule has 0 aliphatic carbocycles. The van der Waals surface area contributed by atoms with Crippen molar-refractivity contribution >= 4 is 22.0 Å². The Balaban J connectivity index is 3.16. The largest absolute Gasteiger partial charge is 0.496 e. The van der Waals surface area contributed by atoms with Crippen LogP contribution in [0.2, 0.25) is 0 Å². The van der Waals surface area contributed by atoms with Gasteiger partial charge in [0.2, 0.25) is 0 Å². The third kappa shape index (κ3) is 2.97. The number of hydrogen-bond donors (Lipinski definition) is 1. The highest BCUT2D eigenvalue weighted by atomic mass is 79.9. The minimum atomic E-state index is 0.00152. The van der Waals surface area contributed by atoms with Gasteiger partial charge in [-0.15, -0.1) is 0 Å². The second-order valence-corrected chi connectivity index (χ2v) is 3.67. The molecule has 0 fully saturated rings. The summed E-state index contributed by atoms with van der Waals surface area (Å²) in [4.78, 5) is 0. The second kappa shape index (κ2) is 5.78. The number of benzene rings is 1. The Hall–Kier alpha value is -1.00. The fraction of sp³-hybridized carbons (Fsp3) is 0.273. The molecule has 1 aromatic carbocycles. The molecule has 0 aromatic heterocycles. The summed E-state index contributed by atoms with van der Waals surface area (Å²) in [6.07, 6.45) is 3.43. The highest BCUT2D eigenvalue weighted by Gasteiger charge is 2.06. The summed E-state index contributed by atoms with van der Waals surface area (Å²) in [5.41, 5.74) is 0.867. The van der Waals surface area contributed by atoms with Crippen molar-refractivity contribution in [2.75, 3.05) is 20.8 Å². The lowest BCUT2D eigenvalue weighted by molar-refractivity contribution is 0.343. The summed E-state index contributed by atoms with van der Waals surface area (Å²) >= 11 is 3.37. The topological polar surface area (TPSA) is 38.7 Å².